The molecule has 0 radical (unpaired) electrons. The quantitative estimate of drug-likeness (QED) is 0.881. The number of H-pyrrole nitrogens is 1. The summed E-state index contributed by atoms with van der Waals surface area (Å²) in [5.74, 6) is 0.759. The van der Waals surface area contributed by atoms with Gasteiger partial charge in [0.15, 0.2) is 0 Å². The van der Waals surface area contributed by atoms with Crippen LogP contribution in [0.1, 0.15) is 34.6 Å². The van der Waals surface area contributed by atoms with E-state index in [0.29, 0.717) is 13.0 Å². The molecule has 1 aliphatic heterocycles. The van der Waals surface area contributed by atoms with Gasteiger partial charge in [-0.3, -0.25) is 9.89 Å². The van der Waals surface area contributed by atoms with Crippen molar-refractivity contribution < 1.29 is 4.79 Å². The Balaban J connectivity index is 1.69. The highest BCUT2D eigenvalue weighted by Crippen LogP contribution is 2.25. The molecule has 0 bridgehead atoms. The van der Waals surface area contributed by atoms with Gasteiger partial charge < -0.3 is 10.2 Å². The summed E-state index contributed by atoms with van der Waals surface area (Å²) in [5.41, 5.74) is 2.91. The van der Waals surface area contributed by atoms with Gasteiger partial charge in [-0.05, 0) is 31.9 Å². The van der Waals surface area contributed by atoms with E-state index in [9.17, 15) is 4.79 Å². The number of nitrogens with zero attached hydrogens (tertiary/aromatic N) is 3. The Morgan fingerprint density at radius 1 is 1.36 bits per heavy atom. The van der Waals surface area contributed by atoms with E-state index in [1.54, 1.807) is 0 Å². The molecule has 2 heterocycles. The van der Waals surface area contributed by atoms with Crippen molar-refractivity contribution in [3.05, 3.63) is 41.5 Å². The van der Waals surface area contributed by atoms with E-state index in [4.69, 9.17) is 0 Å². The molecule has 1 amide bonds. The summed E-state index contributed by atoms with van der Waals surface area (Å²) in [7, 11) is 0. The van der Waals surface area contributed by atoms with Crippen molar-refractivity contribution in [3.63, 3.8) is 0 Å². The molecule has 1 aliphatic rings. The number of carbonyl (C=O) groups excluding carboxylic acids is 1. The van der Waals surface area contributed by atoms with Crippen molar-refractivity contribution in [1.29, 1.82) is 0 Å². The van der Waals surface area contributed by atoms with Gasteiger partial charge in [0, 0.05) is 31.7 Å². The SMILES string of the molecule is Cc1ccc(N2CCCC2)c(C(=O)NCCc2ncn[nH]2)c1. The minimum Gasteiger partial charge on any atom is -0.371 e. The maximum Gasteiger partial charge on any atom is 0.253 e. The number of anilines is 1. The largest absolute Gasteiger partial charge is 0.371 e. The van der Waals surface area contributed by atoms with Gasteiger partial charge in [-0.2, -0.15) is 5.10 Å². The molecule has 6 nitrogen and oxygen atoms in total. The summed E-state index contributed by atoms with van der Waals surface area (Å²) in [4.78, 5) is 18.9. The predicted octanol–water partition coefficient (Wildman–Crippen LogP) is 1.69. The molecule has 0 saturated carbocycles. The van der Waals surface area contributed by atoms with Crippen LogP contribution in [-0.4, -0.2) is 40.7 Å². The number of aromatic amines is 1. The van der Waals surface area contributed by atoms with Gasteiger partial charge in [0.2, 0.25) is 0 Å². The fraction of sp³-hybridized carbons (Fsp3) is 0.438. The van der Waals surface area contributed by atoms with Crippen LogP contribution >= 0.6 is 0 Å². The summed E-state index contributed by atoms with van der Waals surface area (Å²) in [6.07, 6.45) is 4.51. The number of aryl methyl sites for hydroxylation is 1. The number of nitrogens with one attached hydrogen (secondary N) is 2. The molecule has 1 aromatic carbocycles. The van der Waals surface area contributed by atoms with E-state index in [-0.39, 0.29) is 5.91 Å². The molecule has 116 valence electrons. The Kier molecular flexibility index (Phi) is 4.37. The molecule has 22 heavy (non-hydrogen) atoms. The first-order valence-corrected chi connectivity index (χ1v) is 7.72. The van der Waals surface area contributed by atoms with Gasteiger partial charge in [-0.15, -0.1) is 0 Å². The van der Waals surface area contributed by atoms with Gasteiger partial charge in [-0.25, -0.2) is 4.98 Å². The van der Waals surface area contributed by atoms with Crippen molar-refractivity contribution in [2.45, 2.75) is 26.2 Å². The van der Waals surface area contributed by atoms with Crippen molar-refractivity contribution in [1.82, 2.24) is 20.5 Å². The van der Waals surface area contributed by atoms with Crippen LogP contribution in [0.4, 0.5) is 5.69 Å². The van der Waals surface area contributed by atoms with E-state index in [1.165, 1.54) is 19.2 Å². The molecule has 6 heteroatoms. The third kappa shape index (κ3) is 3.27. The molecule has 2 aromatic rings. The van der Waals surface area contributed by atoms with Gasteiger partial charge in [-0.1, -0.05) is 11.6 Å². The van der Waals surface area contributed by atoms with Crippen LogP contribution in [-0.2, 0) is 6.42 Å². The smallest absolute Gasteiger partial charge is 0.253 e. The van der Waals surface area contributed by atoms with Crippen molar-refractivity contribution in [2.75, 3.05) is 24.5 Å². The average Bonchev–Trinajstić information content (AvgIpc) is 3.20. The maximum absolute atomic E-state index is 12.5. The number of carbonyl (C=O) groups is 1. The lowest BCUT2D eigenvalue weighted by Crippen LogP contribution is -2.29. The predicted molar refractivity (Wildman–Crippen MR) is 85.0 cm³/mol. The van der Waals surface area contributed by atoms with Gasteiger partial charge in [0.25, 0.3) is 5.91 Å². The fourth-order valence-corrected chi connectivity index (χ4v) is 2.81. The minimum atomic E-state index is -0.0230. The normalized spacial score (nSPS) is 14.3. The highest BCUT2D eigenvalue weighted by atomic mass is 16.1. The summed E-state index contributed by atoms with van der Waals surface area (Å²) in [5, 5.41) is 9.57. The lowest BCUT2D eigenvalue weighted by atomic mass is 10.1. The topological polar surface area (TPSA) is 73.9 Å². The number of benzene rings is 1. The lowest BCUT2D eigenvalue weighted by molar-refractivity contribution is 0.0954. The van der Waals surface area contributed by atoms with E-state index >= 15 is 0 Å². The lowest BCUT2D eigenvalue weighted by Gasteiger charge is -2.21. The fourth-order valence-electron chi connectivity index (χ4n) is 2.81. The van der Waals surface area contributed by atoms with Gasteiger partial charge in [0.05, 0.1) is 5.56 Å². The number of hydrogen-bond donors (Lipinski definition) is 2. The summed E-state index contributed by atoms with van der Waals surface area (Å²) in [6.45, 7) is 4.61. The van der Waals surface area contributed by atoms with Crippen molar-refractivity contribution in [2.24, 2.45) is 0 Å². The zero-order valence-corrected chi connectivity index (χ0v) is 12.8. The Morgan fingerprint density at radius 3 is 2.91 bits per heavy atom. The number of amides is 1. The third-order valence-corrected chi connectivity index (χ3v) is 3.96. The molecule has 0 spiro atoms. The summed E-state index contributed by atoms with van der Waals surface area (Å²) < 4.78 is 0. The van der Waals surface area contributed by atoms with Crippen LogP contribution in [0.3, 0.4) is 0 Å². The minimum absolute atomic E-state index is 0.0230. The van der Waals surface area contributed by atoms with Crippen molar-refractivity contribution >= 4 is 11.6 Å². The molecule has 1 saturated heterocycles. The van der Waals surface area contributed by atoms with E-state index in [1.807, 2.05) is 13.0 Å². The second kappa shape index (κ2) is 6.60. The monoisotopic (exact) mass is 299 g/mol. The molecule has 3 rings (SSSR count). The van der Waals surface area contributed by atoms with E-state index in [0.717, 1.165) is 35.7 Å². The van der Waals surface area contributed by atoms with Crippen LogP contribution in [0.5, 0.6) is 0 Å². The van der Waals surface area contributed by atoms with Crippen LogP contribution in [0.25, 0.3) is 0 Å². The van der Waals surface area contributed by atoms with Crippen molar-refractivity contribution in [3.8, 4) is 0 Å². The van der Waals surface area contributed by atoms with Gasteiger partial charge >= 0.3 is 0 Å². The van der Waals surface area contributed by atoms with E-state index < -0.39 is 0 Å². The summed E-state index contributed by atoms with van der Waals surface area (Å²) >= 11 is 0. The van der Waals surface area contributed by atoms with Crippen LogP contribution in [0.15, 0.2) is 24.5 Å². The maximum atomic E-state index is 12.5. The molecule has 0 atom stereocenters. The molecular formula is C16H21N5O. The molecule has 0 aliphatic carbocycles. The van der Waals surface area contributed by atoms with E-state index in [2.05, 4.69) is 37.5 Å². The molecule has 2 N–H and O–H groups in total. The first kappa shape index (κ1) is 14.6. The average molecular weight is 299 g/mol. The number of hydrogen-bond acceptors (Lipinski definition) is 4. The Labute approximate surface area is 129 Å². The molecular weight excluding hydrogens is 278 g/mol. The zero-order chi connectivity index (χ0) is 15.4. The van der Waals surface area contributed by atoms with Crippen LogP contribution < -0.4 is 10.2 Å². The summed E-state index contributed by atoms with van der Waals surface area (Å²) in [6, 6.07) is 6.10. The number of aromatic nitrogens is 3. The molecule has 1 aromatic heterocycles. The number of rotatable bonds is 5. The van der Waals surface area contributed by atoms with Gasteiger partial charge in [0.1, 0.15) is 12.2 Å². The Bertz CT molecular complexity index is 632. The Morgan fingerprint density at radius 2 is 2.18 bits per heavy atom. The highest BCUT2D eigenvalue weighted by Gasteiger charge is 2.19. The standard InChI is InChI=1S/C16H21N5O/c1-12-4-5-14(21-8-2-3-9-21)13(10-12)16(22)17-7-6-15-18-11-19-20-15/h4-5,10-11H,2-3,6-9H2,1H3,(H,17,22)(H,18,19,20). The third-order valence-electron chi connectivity index (χ3n) is 3.96. The second-order valence-electron chi connectivity index (χ2n) is 5.65. The Hall–Kier alpha value is -2.37. The van der Waals surface area contributed by atoms with Crippen LogP contribution in [0.2, 0.25) is 0 Å². The first-order chi connectivity index (χ1) is 10.7. The molecule has 0 unspecified atom stereocenters. The zero-order valence-electron chi connectivity index (χ0n) is 12.8. The van der Waals surface area contributed by atoms with Crippen LogP contribution in [0, 0.1) is 6.92 Å². The first-order valence-electron chi connectivity index (χ1n) is 7.72. The second-order valence-corrected chi connectivity index (χ2v) is 5.65. The molecule has 1 fully saturated rings. The highest BCUT2D eigenvalue weighted by molar-refractivity contribution is 6.00.